The van der Waals surface area contributed by atoms with Gasteiger partial charge in [-0.05, 0) is 42.7 Å². The van der Waals surface area contributed by atoms with Crippen LogP contribution in [0.25, 0.3) is 0 Å². The fourth-order valence-electron chi connectivity index (χ4n) is 3.40. The number of Topliss-reactive ketones (excluding diaryl/α,β-unsaturated/α-hetero) is 1. The lowest BCUT2D eigenvalue weighted by molar-refractivity contribution is -0.143. The van der Waals surface area contributed by atoms with E-state index in [0.717, 1.165) is 5.56 Å². The van der Waals surface area contributed by atoms with Gasteiger partial charge in [0.1, 0.15) is 5.78 Å². The summed E-state index contributed by atoms with van der Waals surface area (Å²) in [5, 5.41) is 0. The molecule has 0 aromatic heterocycles. The van der Waals surface area contributed by atoms with Gasteiger partial charge in [0.05, 0.1) is 29.3 Å². The number of halogens is 6. The van der Waals surface area contributed by atoms with Gasteiger partial charge in [-0.25, -0.2) is 0 Å². The molecular weight excluding hydrogens is 398 g/mol. The number of ether oxygens (including phenoxy) is 1. The molecule has 2 atom stereocenters. The zero-order valence-electron chi connectivity index (χ0n) is 15.4. The first-order valence-electron chi connectivity index (χ1n) is 8.93. The van der Waals surface area contributed by atoms with Crippen LogP contribution >= 0.6 is 0 Å². The molecule has 0 aliphatic heterocycles. The van der Waals surface area contributed by atoms with Crippen molar-refractivity contribution in [2.24, 2.45) is 0 Å². The summed E-state index contributed by atoms with van der Waals surface area (Å²) < 4.78 is 84.0. The summed E-state index contributed by atoms with van der Waals surface area (Å²) in [7, 11) is 0. The number of hydrogen-bond donors (Lipinski definition) is 0. The molecule has 156 valence electrons. The third-order valence-electron chi connectivity index (χ3n) is 5.30. The Labute approximate surface area is 163 Å². The van der Waals surface area contributed by atoms with E-state index in [-0.39, 0.29) is 24.0 Å². The summed E-state index contributed by atoms with van der Waals surface area (Å²) >= 11 is 0. The van der Waals surface area contributed by atoms with Crippen molar-refractivity contribution in [2.75, 3.05) is 6.61 Å². The Bertz CT molecular complexity index is 856. The smallest absolute Gasteiger partial charge is 0.372 e. The van der Waals surface area contributed by atoms with Crippen molar-refractivity contribution >= 4 is 5.78 Å². The molecule has 2 aromatic rings. The predicted octanol–water partition coefficient (Wildman–Crippen LogP) is 6.10. The molecule has 1 saturated carbocycles. The molecule has 29 heavy (non-hydrogen) atoms. The predicted molar refractivity (Wildman–Crippen MR) is 93.2 cm³/mol. The van der Waals surface area contributed by atoms with Gasteiger partial charge >= 0.3 is 12.4 Å². The summed E-state index contributed by atoms with van der Waals surface area (Å²) in [5.74, 6) is -0.0593. The van der Waals surface area contributed by atoms with Gasteiger partial charge < -0.3 is 4.74 Å². The number of carbonyl (C=O) groups is 1. The van der Waals surface area contributed by atoms with Crippen LogP contribution in [0.15, 0.2) is 48.5 Å². The van der Waals surface area contributed by atoms with Crippen LogP contribution in [0, 0.1) is 0 Å². The van der Waals surface area contributed by atoms with Crippen molar-refractivity contribution in [1.82, 2.24) is 0 Å². The molecule has 3 rings (SSSR count). The van der Waals surface area contributed by atoms with Crippen molar-refractivity contribution in [2.45, 2.75) is 43.6 Å². The fraction of sp³-hybridized carbons (Fsp3) is 0.381. The van der Waals surface area contributed by atoms with Crippen molar-refractivity contribution in [1.29, 1.82) is 0 Å². The standard InChI is InChI=1S/C21H18F6O2/c1-13(14-9-16(20(22,23)24)11-17(10-14)21(25,26)27)29-12-19(8-7-18(19)28)15-5-3-2-4-6-15/h2-6,9-11,13H,7-8,12H2,1H3. The van der Waals surface area contributed by atoms with Crippen LogP contribution in [0.4, 0.5) is 26.3 Å². The van der Waals surface area contributed by atoms with E-state index in [1.807, 2.05) is 0 Å². The molecule has 0 bridgehead atoms. The molecule has 1 aliphatic rings. The molecule has 1 fully saturated rings. The number of carbonyl (C=O) groups excluding carboxylic acids is 1. The van der Waals surface area contributed by atoms with Gasteiger partial charge in [-0.15, -0.1) is 0 Å². The molecule has 0 N–H and O–H groups in total. The maximum absolute atomic E-state index is 13.1. The van der Waals surface area contributed by atoms with E-state index in [1.165, 1.54) is 6.92 Å². The van der Waals surface area contributed by atoms with Crippen LogP contribution in [0.2, 0.25) is 0 Å². The minimum atomic E-state index is -4.93. The van der Waals surface area contributed by atoms with E-state index in [0.29, 0.717) is 25.0 Å². The Morgan fingerprint density at radius 1 is 0.966 bits per heavy atom. The monoisotopic (exact) mass is 416 g/mol. The maximum Gasteiger partial charge on any atom is 0.416 e. The summed E-state index contributed by atoms with van der Waals surface area (Å²) in [6.45, 7) is 1.26. The number of ketones is 1. The molecular formula is C21H18F6O2. The highest BCUT2D eigenvalue weighted by atomic mass is 19.4. The second-order valence-electron chi connectivity index (χ2n) is 7.16. The van der Waals surface area contributed by atoms with Crippen molar-refractivity contribution in [3.63, 3.8) is 0 Å². The zero-order chi connectivity index (χ0) is 21.4. The van der Waals surface area contributed by atoms with E-state index >= 15 is 0 Å². The Morgan fingerprint density at radius 2 is 1.52 bits per heavy atom. The molecule has 2 aromatic carbocycles. The molecule has 0 saturated heterocycles. The topological polar surface area (TPSA) is 26.3 Å². The third kappa shape index (κ3) is 4.32. The van der Waals surface area contributed by atoms with Crippen molar-refractivity contribution in [3.8, 4) is 0 Å². The molecule has 0 radical (unpaired) electrons. The van der Waals surface area contributed by atoms with E-state index in [1.54, 1.807) is 30.3 Å². The minimum Gasteiger partial charge on any atom is -0.372 e. The van der Waals surface area contributed by atoms with Crippen LogP contribution in [0.1, 0.15) is 48.1 Å². The summed E-state index contributed by atoms with van der Waals surface area (Å²) in [4.78, 5) is 12.3. The van der Waals surface area contributed by atoms with Gasteiger partial charge in [0, 0.05) is 6.42 Å². The average molecular weight is 416 g/mol. The Hall–Kier alpha value is -2.35. The highest BCUT2D eigenvalue weighted by molar-refractivity contribution is 5.96. The Balaban J connectivity index is 1.87. The van der Waals surface area contributed by atoms with Crippen molar-refractivity contribution in [3.05, 3.63) is 70.8 Å². The molecule has 1 aliphatic carbocycles. The maximum atomic E-state index is 13.1. The first-order valence-corrected chi connectivity index (χ1v) is 8.93. The minimum absolute atomic E-state index is 0.0593. The highest BCUT2D eigenvalue weighted by Gasteiger charge is 2.48. The van der Waals surface area contributed by atoms with Crippen LogP contribution in [0.3, 0.4) is 0 Å². The average Bonchev–Trinajstić information content (AvgIpc) is 2.66. The van der Waals surface area contributed by atoms with E-state index in [4.69, 9.17) is 4.74 Å². The molecule has 8 heteroatoms. The fourth-order valence-corrected chi connectivity index (χ4v) is 3.40. The molecule has 0 heterocycles. The summed E-state index contributed by atoms with van der Waals surface area (Å²) in [5.41, 5.74) is -3.22. The number of hydrogen-bond acceptors (Lipinski definition) is 2. The van der Waals surface area contributed by atoms with Gasteiger partial charge in [0.2, 0.25) is 0 Å². The Morgan fingerprint density at radius 3 is 1.93 bits per heavy atom. The largest absolute Gasteiger partial charge is 0.416 e. The second kappa shape index (κ2) is 7.48. The quantitative estimate of drug-likeness (QED) is 0.551. The molecule has 2 nitrogen and oxygen atoms in total. The van der Waals surface area contributed by atoms with Gasteiger partial charge in [-0.2, -0.15) is 26.3 Å². The molecule has 0 amide bonds. The van der Waals surface area contributed by atoms with Crippen LogP contribution < -0.4 is 0 Å². The van der Waals surface area contributed by atoms with E-state index in [2.05, 4.69) is 0 Å². The molecule has 2 unspecified atom stereocenters. The molecule has 0 spiro atoms. The van der Waals surface area contributed by atoms with Crippen LogP contribution in [-0.4, -0.2) is 12.4 Å². The zero-order valence-corrected chi connectivity index (χ0v) is 15.4. The summed E-state index contributed by atoms with van der Waals surface area (Å²) in [6, 6.07) is 10.2. The van der Waals surface area contributed by atoms with Gasteiger partial charge in [0.25, 0.3) is 0 Å². The Kier molecular flexibility index (Phi) is 5.51. The van der Waals surface area contributed by atoms with E-state index < -0.39 is 35.0 Å². The first kappa shape index (κ1) is 21.4. The SMILES string of the molecule is CC(OCC1(c2ccccc2)CCC1=O)c1cc(C(F)(F)F)cc(C(F)(F)F)c1. The number of rotatable bonds is 5. The lowest BCUT2D eigenvalue weighted by Gasteiger charge is -2.41. The lowest BCUT2D eigenvalue weighted by Crippen LogP contribution is -2.48. The van der Waals surface area contributed by atoms with E-state index in [9.17, 15) is 31.1 Å². The number of alkyl halides is 6. The second-order valence-corrected chi connectivity index (χ2v) is 7.16. The van der Waals surface area contributed by atoms with Crippen LogP contribution in [-0.2, 0) is 27.3 Å². The highest BCUT2D eigenvalue weighted by Crippen LogP contribution is 2.42. The normalized spacial score (nSPS) is 21.0. The van der Waals surface area contributed by atoms with Crippen molar-refractivity contribution < 1.29 is 35.9 Å². The lowest BCUT2D eigenvalue weighted by atomic mass is 9.64. The van der Waals surface area contributed by atoms with Gasteiger partial charge in [0.15, 0.2) is 0 Å². The van der Waals surface area contributed by atoms with Gasteiger partial charge in [-0.1, -0.05) is 30.3 Å². The summed E-state index contributed by atoms with van der Waals surface area (Å²) in [6.07, 6.45) is -10.0. The van der Waals surface area contributed by atoms with Gasteiger partial charge in [-0.3, -0.25) is 4.79 Å². The third-order valence-corrected chi connectivity index (χ3v) is 5.30. The number of benzene rings is 2. The van der Waals surface area contributed by atoms with Crippen LogP contribution in [0.5, 0.6) is 0 Å². The first-order chi connectivity index (χ1) is 13.4.